The quantitative estimate of drug-likeness (QED) is 0.317. The van der Waals surface area contributed by atoms with E-state index < -0.39 is 0 Å². The number of aromatic hydroxyl groups is 1. The molecule has 0 amide bonds. The summed E-state index contributed by atoms with van der Waals surface area (Å²) in [6, 6.07) is 5.44. The maximum absolute atomic E-state index is 9.72. The Morgan fingerprint density at radius 1 is 0.957 bits per heavy atom. The molecule has 0 fully saturated rings. The predicted molar refractivity (Wildman–Crippen MR) is 99.3 cm³/mol. The molecule has 0 spiro atoms. The minimum absolute atomic E-state index is 0.316. The topological polar surface area (TPSA) is 29.5 Å². The molecule has 2 heteroatoms. The van der Waals surface area contributed by atoms with Crippen molar-refractivity contribution in [2.45, 2.75) is 77.6 Å². The molecule has 23 heavy (non-hydrogen) atoms. The summed E-state index contributed by atoms with van der Waals surface area (Å²) in [5.41, 5.74) is 0.876. The largest absolute Gasteiger partial charge is 0.508 e. The lowest BCUT2D eigenvalue weighted by molar-refractivity contribution is 0.303. The van der Waals surface area contributed by atoms with Gasteiger partial charge in [-0.15, -0.1) is 6.58 Å². The highest BCUT2D eigenvalue weighted by Gasteiger charge is 2.02. The molecule has 2 nitrogen and oxygen atoms in total. The average molecular weight is 319 g/mol. The molecule has 1 aromatic carbocycles. The van der Waals surface area contributed by atoms with Crippen molar-refractivity contribution < 1.29 is 9.84 Å². The number of allylic oxidation sites excluding steroid dienone is 1. The third-order valence-electron chi connectivity index (χ3n) is 4.18. The molecule has 0 aliphatic carbocycles. The molecule has 0 unspecified atom stereocenters. The number of unbranched alkanes of at least 4 members (excludes halogenated alkanes) is 9. The number of benzene rings is 1. The van der Waals surface area contributed by atoms with Crippen molar-refractivity contribution in [3.05, 3.63) is 36.4 Å². The van der Waals surface area contributed by atoms with Gasteiger partial charge in [-0.2, -0.15) is 0 Å². The van der Waals surface area contributed by atoms with Crippen LogP contribution in [0, 0.1) is 0 Å². The van der Waals surface area contributed by atoms with Crippen LogP contribution in [0.5, 0.6) is 11.5 Å². The summed E-state index contributed by atoms with van der Waals surface area (Å²) in [7, 11) is 0. The fraction of sp³-hybridized carbons (Fsp3) is 0.619. The molecule has 1 aromatic rings. The van der Waals surface area contributed by atoms with Gasteiger partial charge in [0.25, 0.3) is 0 Å². The Kier molecular flexibility index (Phi) is 11.1. The Balaban J connectivity index is 2.02. The summed E-state index contributed by atoms with van der Waals surface area (Å²) in [5, 5.41) is 9.72. The number of phenols is 1. The molecular weight excluding hydrogens is 284 g/mol. The maximum Gasteiger partial charge on any atom is 0.119 e. The van der Waals surface area contributed by atoms with Crippen LogP contribution in [-0.4, -0.2) is 11.7 Å². The molecule has 0 bridgehead atoms. The van der Waals surface area contributed by atoms with E-state index in [1.54, 1.807) is 12.1 Å². The lowest BCUT2D eigenvalue weighted by Gasteiger charge is -2.09. The molecule has 0 saturated carbocycles. The first-order chi connectivity index (χ1) is 11.3. The standard InChI is InChI=1S/C21H34O2/c1-3-5-6-7-8-9-10-11-12-13-17-23-20-15-16-21(22)19(18-20)14-4-2/h4,15-16,18,22H,2-3,5-14,17H2,1H3. The zero-order valence-electron chi connectivity index (χ0n) is 14.9. The van der Waals surface area contributed by atoms with Crippen molar-refractivity contribution in [3.8, 4) is 11.5 Å². The Morgan fingerprint density at radius 2 is 1.57 bits per heavy atom. The average Bonchev–Trinajstić information content (AvgIpc) is 2.55. The maximum atomic E-state index is 9.72. The fourth-order valence-electron chi connectivity index (χ4n) is 2.75. The van der Waals surface area contributed by atoms with Crippen molar-refractivity contribution in [1.82, 2.24) is 0 Å². The van der Waals surface area contributed by atoms with Crippen LogP contribution >= 0.6 is 0 Å². The molecular formula is C21H34O2. The summed E-state index contributed by atoms with van der Waals surface area (Å²) in [4.78, 5) is 0. The normalized spacial score (nSPS) is 10.7. The Morgan fingerprint density at radius 3 is 2.17 bits per heavy atom. The van der Waals surface area contributed by atoms with Crippen LogP contribution in [0.1, 0.15) is 76.7 Å². The van der Waals surface area contributed by atoms with Gasteiger partial charge in [0.15, 0.2) is 0 Å². The molecule has 0 saturated heterocycles. The van der Waals surface area contributed by atoms with Gasteiger partial charge in [-0.05, 0) is 31.0 Å². The van der Waals surface area contributed by atoms with Crippen LogP contribution in [0.3, 0.4) is 0 Å². The fourth-order valence-corrected chi connectivity index (χ4v) is 2.75. The second-order valence-corrected chi connectivity index (χ2v) is 6.31. The van der Waals surface area contributed by atoms with Gasteiger partial charge in [0, 0.05) is 5.56 Å². The lowest BCUT2D eigenvalue weighted by atomic mass is 10.1. The van der Waals surface area contributed by atoms with Crippen molar-refractivity contribution in [2.75, 3.05) is 6.61 Å². The van der Waals surface area contributed by atoms with Gasteiger partial charge >= 0.3 is 0 Å². The van der Waals surface area contributed by atoms with E-state index in [0.717, 1.165) is 24.3 Å². The number of rotatable bonds is 14. The number of ether oxygens (including phenoxy) is 1. The summed E-state index contributed by atoms with van der Waals surface area (Å²) >= 11 is 0. The number of phenolic OH excluding ortho intramolecular Hbond substituents is 1. The van der Waals surface area contributed by atoms with Crippen molar-refractivity contribution in [1.29, 1.82) is 0 Å². The van der Waals surface area contributed by atoms with E-state index in [0.29, 0.717) is 12.2 Å². The Labute approximate surface area is 142 Å². The third-order valence-corrected chi connectivity index (χ3v) is 4.18. The van der Waals surface area contributed by atoms with Gasteiger partial charge in [0.05, 0.1) is 6.61 Å². The Bertz CT molecular complexity index is 426. The van der Waals surface area contributed by atoms with E-state index >= 15 is 0 Å². The third kappa shape index (κ3) is 9.32. The number of hydrogen-bond donors (Lipinski definition) is 1. The Hall–Kier alpha value is -1.44. The molecule has 130 valence electrons. The highest BCUT2D eigenvalue weighted by Crippen LogP contribution is 2.24. The predicted octanol–water partition coefficient (Wildman–Crippen LogP) is 6.42. The van der Waals surface area contributed by atoms with Crippen molar-refractivity contribution in [3.63, 3.8) is 0 Å². The van der Waals surface area contributed by atoms with Gasteiger partial charge in [-0.3, -0.25) is 0 Å². The molecule has 0 heterocycles. The molecule has 1 N–H and O–H groups in total. The summed E-state index contributed by atoms with van der Waals surface area (Å²) in [5.74, 6) is 1.16. The van der Waals surface area contributed by atoms with Gasteiger partial charge < -0.3 is 9.84 Å². The van der Waals surface area contributed by atoms with Crippen molar-refractivity contribution in [2.24, 2.45) is 0 Å². The first-order valence-electron chi connectivity index (χ1n) is 9.33. The molecule has 0 aliphatic heterocycles. The van der Waals surface area contributed by atoms with E-state index in [1.807, 2.05) is 12.1 Å². The van der Waals surface area contributed by atoms with E-state index in [1.165, 1.54) is 57.8 Å². The van der Waals surface area contributed by atoms with Crippen LogP contribution in [0.25, 0.3) is 0 Å². The van der Waals surface area contributed by atoms with Gasteiger partial charge in [-0.1, -0.05) is 70.8 Å². The van der Waals surface area contributed by atoms with Crippen LogP contribution < -0.4 is 4.74 Å². The van der Waals surface area contributed by atoms with Crippen LogP contribution in [-0.2, 0) is 6.42 Å². The van der Waals surface area contributed by atoms with Gasteiger partial charge in [0.2, 0.25) is 0 Å². The molecule has 1 rings (SSSR count). The van der Waals surface area contributed by atoms with E-state index in [-0.39, 0.29) is 0 Å². The molecule has 0 radical (unpaired) electrons. The SMILES string of the molecule is C=CCc1cc(OCCCCCCCCCCCC)ccc1O. The summed E-state index contributed by atoms with van der Waals surface area (Å²) in [6.07, 6.45) is 15.8. The molecule has 0 atom stereocenters. The van der Waals surface area contributed by atoms with Gasteiger partial charge in [0.1, 0.15) is 11.5 Å². The zero-order chi connectivity index (χ0) is 16.8. The minimum atomic E-state index is 0.316. The smallest absolute Gasteiger partial charge is 0.119 e. The second kappa shape index (κ2) is 13.0. The molecule has 0 aromatic heterocycles. The monoisotopic (exact) mass is 318 g/mol. The van der Waals surface area contributed by atoms with E-state index in [4.69, 9.17) is 4.74 Å². The first kappa shape index (κ1) is 19.6. The zero-order valence-corrected chi connectivity index (χ0v) is 14.9. The van der Waals surface area contributed by atoms with Crippen molar-refractivity contribution >= 4 is 0 Å². The summed E-state index contributed by atoms with van der Waals surface area (Å²) in [6.45, 7) is 6.73. The van der Waals surface area contributed by atoms with Crippen LogP contribution in [0.15, 0.2) is 30.9 Å². The van der Waals surface area contributed by atoms with Gasteiger partial charge in [-0.25, -0.2) is 0 Å². The van der Waals surface area contributed by atoms with Crippen LogP contribution in [0.2, 0.25) is 0 Å². The number of hydrogen-bond acceptors (Lipinski definition) is 2. The highest BCUT2D eigenvalue weighted by molar-refractivity contribution is 5.40. The lowest BCUT2D eigenvalue weighted by Crippen LogP contribution is -1.98. The minimum Gasteiger partial charge on any atom is -0.508 e. The van der Waals surface area contributed by atoms with Crippen LogP contribution in [0.4, 0.5) is 0 Å². The highest BCUT2D eigenvalue weighted by atomic mass is 16.5. The second-order valence-electron chi connectivity index (χ2n) is 6.31. The first-order valence-corrected chi connectivity index (χ1v) is 9.33. The van der Waals surface area contributed by atoms with E-state index in [9.17, 15) is 5.11 Å². The summed E-state index contributed by atoms with van der Waals surface area (Å²) < 4.78 is 5.77. The molecule has 0 aliphatic rings. The van der Waals surface area contributed by atoms with E-state index in [2.05, 4.69) is 13.5 Å².